The van der Waals surface area contributed by atoms with Gasteiger partial charge in [0.1, 0.15) is 5.75 Å². The molecule has 0 aromatic heterocycles. The van der Waals surface area contributed by atoms with E-state index in [0.29, 0.717) is 28.5 Å². The first kappa shape index (κ1) is 26.2. The maximum absolute atomic E-state index is 13.6. The summed E-state index contributed by atoms with van der Waals surface area (Å²) in [6.45, 7) is -0.166. The highest BCUT2D eigenvalue weighted by Gasteiger charge is 2.35. The van der Waals surface area contributed by atoms with Crippen molar-refractivity contribution < 1.29 is 27.5 Å². The van der Waals surface area contributed by atoms with Crippen LogP contribution in [-0.2, 0) is 23.5 Å². The molecule has 0 amide bonds. The van der Waals surface area contributed by atoms with Crippen LogP contribution in [-0.4, -0.2) is 30.5 Å². The number of nitrogens with two attached hydrogens (primary N) is 1. The highest BCUT2D eigenvalue weighted by atomic mass is 35.5. The number of ether oxygens (including phenoxy) is 1. The van der Waals surface area contributed by atoms with E-state index >= 15 is 0 Å². The van der Waals surface area contributed by atoms with Crippen molar-refractivity contribution in [3.8, 4) is 5.75 Å². The van der Waals surface area contributed by atoms with Crippen LogP contribution in [0, 0.1) is 0 Å². The van der Waals surface area contributed by atoms with Crippen LogP contribution in [0.15, 0.2) is 36.4 Å². The first-order valence-corrected chi connectivity index (χ1v) is 10.8. The van der Waals surface area contributed by atoms with Gasteiger partial charge < -0.3 is 20.1 Å². The number of aliphatic hydroxyl groups is 1. The SMILES string of the molecule is NC(CO)(CCc1ccc(OCCCc2cc(Cl)cc(Cl)c2)c(C(F)(F)F)c1)COP. The number of halogens is 5. The van der Waals surface area contributed by atoms with Crippen molar-refractivity contribution in [3.63, 3.8) is 0 Å². The standard InChI is InChI=1S/C21H25Cl2F3NO3P/c22-16-8-15(9-17(23)11-16)2-1-7-29-19-4-3-14(10-18(19)21(24,25)26)5-6-20(27,12-28)13-30-31/h3-4,8-11,28H,1-2,5-7,12-13,27,31H2. The van der Waals surface area contributed by atoms with Crippen LogP contribution >= 0.6 is 32.7 Å². The molecular formula is C21H25Cl2F3NO3P. The second kappa shape index (κ2) is 11.7. The summed E-state index contributed by atoms with van der Waals surface area (Å²) in [4.78, 5) is 0. The van der Waals surface area contributed by atoms with Gasteiger partial charge in [0.15, 0.2) is 0 Å². The van der Waals surface area contributed by atoms with E-state index in [9.17, 15) is 18.3 Å². The molecule has 0 radical (unpaired) electrons. The fourth-order valence-corrected chi connectivity index (χ4v) is 3.95. The number of aliphatic hydroxyl groups excluding tert-OH is 1. The predicted molar refractivity (Wildman–Crippen MR) is 120 cm³/mol. The Balaban J connectivity index is 2.02. The number of aryl methyl sites for hydroxylation is 2. The minimum Gasteiger partial charge on any atom is -0.493 e. The summed E-state index contributed by atoms with van der Waals surface area (Å²) in [5.74, 6) is -0.227. The lowest BCUT2D eigenvalue weighted by Gasteiger charge is -2.26. The normalized spacial score (nSPS) is 13.8. The molecule has 0 saturated heterocycles. The molecule has 4 nitrogen and oxygen atoms in total. The maximum Gasteiger partial charge on any atom is 0.419 e. The van der Waals surface area contributed by atoms with Gasteiger partial charge in [0.25, 0.3) is 0 Å². The van der Waals surface area contributed by atoms with Gasteiger partial charge in [-0.2, -0.15) is 13.2 Å². The van der Waals surface area contributed by atoms with Crippen molar-refractivity contribution in [3.05, 3.63) is 63.1 Å². The Bertz CT molecular complexity index is 850. The first-order valence-electron chi connectivity index (χ1n) is 9.55. The van der Waals surface area contributed by atoms with Gasteiger partial charge in [-0.3, -0.25) is 0 Å². The number of alkyl halides is 3. The molecule has 2 rings (SSSR count). The van der Waals surface area contributed by atoms with Crippen molar-refractivity contribution >= 4 is 32.7 Å². The molecule has 172 valence electrons. The Morgan fingerprint density at radius 1 is 1.00 bits per heavy atom. The molecule has 3 N–H and O–H groups in total. The largest absolute Gasteiger partial charge is 0.493 e. The average molecular weight is 498 g/mol. The average Bonchev–Trinajstić information content (AvgIpc) is 2.69. The molecule has 31 heavy (non-hydrogen) atoms. The molecule has 0 aliphatic heterocycles. The van der Waals surface area contributed by atoms with Gasteiger partial charge in [-0.05, 0) is 67.1 Å². The molecule has 2 aromatic rings. The van der Waals surface area contributed by atoms with Crippen LogP contribution in [0.1, 0.15) is 29.5 Å². The zero-order valence-corrected chi connectivity index (χ0v) is 19.4. The third-order valence-electron chi connectivity index (χ3n) is 4.74. The highest BCUT2D eigenvalue weighted by molar-refractivity contribution is 7.09. The van der Waals surface area contributed by atoms with Gasteiger partial charge in [-0.1, -0.05) is 29.3 Å². The van der Waals surface area contributed by atoms with Crippen LogP contribution in [0.5, 0.6) is 5.75 Å². The molecule has 0 heterocycles. The zero-order valence-electron chi connectivity index (χ0n) is 16.7. The molecule has 10 heteroatoms. The summed E-state index contributed by atoms with van der Waals surface area (Å²) in [5, 5.41) is 10.4. The van der Waals surface area contributed by atoms with Gasteiger partial charge in [-0.25, -0.2) is 0 Å². The Labute approximate surface area is 192 Å². The quantitative estimate of drug-likeness (QED) is 0.320. The lowest BCUT2D eigenvalue weighted by molar-refractivity contribution is -0.139. The predicted octanol–water partition coefficient (Wildman–Crippen LogP) is 5.45. The summed E-state index contributed by atoms with van der Waals surface area (Å²) >= 11 is 11.9. The van der Waals surface area contributed by atoms with Crippen molar-refractivity contribution in [2.24, 2.45) is 5.73 Å². The molecule has 0 spiro atoms. The third kappa shape index (κ3) is 8.41. The highest BCUT2D eigenvalue weighted by Crippen LogP contribution is 2.37. The second-order valence-corrected chi connectivity index (χ2v) is 8.60. The second-order valence-electron chi connectivity index (χ2n) is 7.39. The third-order valence-corrected chi connectivity index (χ3v) is 5.34. The molecule has 0 aliphatic carbocycles. The van der Waals surface area contributed by atoms with E-state index in [1.54, 1.807) is 24.3 Å². The molecule has 2 unspecified atom stereocenters. The van der Waals surface area contributed by atoms with Crippen LogP contribution in [0.3, 0.4) is 0 Å². The lowest BCUT2D eigenvalue weighted by Crippen LogP contribution is -2.47. The van der Waals surface area contributed by atoms with E-state index in [1.807, 2.05) is 9.47 Å². The van der Waals surface area contributed by atoms with Crippen LogP contribution in [0.25, 0.3) is 0 Å². The maximum atomic E-state index is 13.6. The van der Waals surface area contributed by atoms with Crippen LogP contribution in [0.2, 0.25) is 10.0 Å². The van der Waals surface area contributed by atoms with Crippen LogP contribution in [0.4, 0.5) is 13.2 Å². The van der Waals surface area contributed by atoms with E-state index < -0.39 is 17.3 Å². The topological polar surface area (TPSA) is 64.7 Å². The Kier molecular flexibility index (Phi) is 9.87. The molecule has 0 saturated carbocycles. The molecule has 2 atom stereocenters. The van der Waals surface area contributed by atoms with Gasteiger partial charge in [0, 0.05) is 19.5 Å². The molecule has 0 aliphatic rings. The minimum absolute atomic E-state index is 0.0688. The first-order chi connectivity index (χ1) is 14.6. The summed E-state index contributed by atoms with van der Waals surface area (Å²) < 4.78 is 51.0. The summed E-state index contributed by atoms with van der Waals surface area (Å²) in [7, 11) is 2.04. The number of benzene rings is 2. The van der Waals surface area contributed by atoms with Crippen molar-refractivity contribution in [1.29, 1.82) is 0 Å². The van der Waals surface area contributed by atoms with E-state index in [0.717, 1.165) is 11.6 Å². The molecular weight excluding hydrogens is 473 g/mol. The van der Waals surface area contributed by atoms with E-state index in [2.05, 4.69) is 0 Å². The fraction of sp³-hybridized carbons (Fsp3) is 0.429. The smallest absolute Gasteiger partial charge is 0.419 e. The number of hydrogen-bond acceptors (Lipinski definition) is 4. The fourth-order valence-electron chi connectivity index (χ4n) is 3.05. The Hall–Kier alpha value is -1.08. The van der Waals surface area contributed by atoms with Gasteiger partial charge in [0.05, 0.1) is 30.9 Å². The summed E-state index contributed by atoms with van der Waals surface area (Å²) in [6, 6.07) is 9.08. The monoisotopic (exact) mass is 497 g/mol. The summed E-state index contributed by atoms with van der Waals surface area (Å²) in [6.07, 6.45) is -2.98. The van der Waals surface area contributed by atoms with E-state index in [1.165, 1.54) is 6.07 Å². The minimum atomic E-state index is -4.56. The van der Waals surface area contributed by atoms with E-state index in [4.69, 9.17) is 38.2 Å². The summed E-state index contributed by atoms with van der Waals surface area (Å²) in [5.41, 5.74) is 5.46. The lowest BCUT2D eigenvalue weighted by atomic mass is 9.93. The molecule has 2 aromatic carbocycles. The molecule has 0 bridgehead atoms. The Morgan fingerprint density at radius 3 is 2.26 bits per heavy atom. The van der Waals surface area contributed by atoms with Gasteiger partial charge >= 0.3 is 6.18 Å². The molecule has 0 fully saturated rings. The van der Waals surface area contributed by atoms with Gasteiger partial charge in [-0.15, -0.1) is 0 Å². The van der Waals surface area contributed by atoms with Crippen LogP contribution < -0.4 is 10.5 Å². The number of hydrogen-bond donors (Lipinski definition) is 2. The van der Waals surface area contributed by atoms with Crippen molar-refractivity contribution in [1.82, 2.24) is 0 Å². The number of rotatable bonds is 11. The Morgan fingerprint density at radius 2 is 1.68 bits per heavy atom. The van der Waals surface area contributed by atoms with E-state index in [-0.39, 0.29) is 38.4 Å². The van der Waals surface area contributed by atoms with Gasteiger partial charge in [0.2, 0.25) is 0 Å². The zero-order chi connectivity index (χ0) is 23.1. The van der Waals surface area contributed by atoms with Crippen molar-refractivity contribution in [2.75, 3.05) is 19.8 Å². The van der Waals surface area contributed by atoms with Crippen molar-refractivity contribution in [2.45, 2.75) is 37.4 Å².